The van der Waals surface area contributed by atoms with Crippen molar-refractivity contribution in [1.29, 1.82) is 0 Å². The van der Waals surface area contributed by atoms with Crippen molar-refractivity contribution in [3.63, 3.8) is 0 Å². The van der Waals surface area contributed by atoms with Gasteiger partial charge in [0, 0.05) is 42.2 Å². The Balaban J connectivity index is 1.57. The van der Waals surface area contributed by atoms with Crippen molar-refractivity contribution in [3.8, 4) is 0 Å². The Morgan fingerprint density at radius 2 is 1.66 bits per heavy atom. The van der Waals surface area contributed by atoms with Gasteiger partial charge in [0.2, 0.25) is 0 Å². The average Bonchev–Trinajstić information content (AvgIpc) is 2.92. The van der Waals surface area contributed by atoms with Crippen LogP contribution >= 0.6 is 11.6 Å². The van der Waals surface area contributed by atoms with E-state index in [2.05, 4.69) is 17.1 Å². The number of likely N-dealkylation sites (tertiary alicyclic amines) is 1. The highest BCUT2D eigenvalue weighted by Crippen LogP contribution is 2.43. The summed E-state index contributed by atoms with van der Waals surface area (Å²) in [5.41, 5.74) is 2.06. The molecule has 0 spiro atoms. The Bertz CT molecular complexity index is 809. The minimum Gasteiger partial charge on any atom is -0.444 e. The number of hydrogen-bond donors (Lipinski definition) is 0. The van der Waals surface area contributed by atoms with Gasteiger partial charge >= 0.3 is 6.09 Å². The summed E-state index contributed by atoms with van der Waals surface area (Å²) in [5, 5.41) is 8.46. The average molecular weight is 460 g/mol. The third-order valence-corrected chi connectivity index (χ3v) is 7.25. The summed E-state index contributed by atoms with van der Waals surface area (Å²) < 4.78 is 5.64. The zero-order valence-corrected chi connectivity index (χ0v) is 20.6. The molecular formula is C26H38ClN3O2. The van der Waals surface area contributed by atoms with E-state index in [1.807, 2.05) is 37.8 Å². The number of carbonyl (C=O) groups excluding carboxylic acids is 1. The van der Waals surface area contributed by atoms with E-state index in [4.69, 9.17) is 21.4 Å². The zero-order valence-electron chi connectivity index (χ0n) is 19.9. The number of hydrazone groups is 1. The largest absolute Gasteiger partial charge is 0.444 e. The molecule has 1 aromatic carbocycles. The molecule has 1 aliphatic carbocycles. The third-order valence-electron chi connectivity index (χ3n) is 7.00. The van der Waals surface area contributed by atoms with E-state index in [1.54, 1.807) is 0 Å². The summed E-state index contributed by atoms with van der Waals surface area (Å²) in [7, 11) is 0. The van der Waals surface area contributed by atoms with Crippen LogP contribution in [0, 0.1) is 5.92 Å². The fraction of sp³-hybridized carbons (Fsp3) is 0.692. The number of fused-ring (bicyclic) bond motifs is 1. The van der Waals surface area contributed by atoms with Gasteiger partial charge in [-0.15, -0.1) is 0 Å². The van der Waals surface area contributed by atoms with Gasteiger partial charge < -0.3 is 9.64 Å². The number of carbonyl (C=O) groups is 1. The maximum absolute atomic E-state index is 12.7. The van der Waals surface area contributed by atoms with E-state index in [0.29, 0.717) is 25.0 Å². The highest BCUT2D eigenvalue weighted by molar-refractivity contribution is 6.30. The first kappa shape index (κ1) is 23.4. The molecule has 2 unspecified atom stereocenters. The van der Waals surface area contributed by atoms with Crippen LogP contribution < -0.4 is 0 Å². The predicted molar refractivity (Wildman–Crippen MR) is 130 cm³/mol. The lowest BCUT2D eigenvalue weighted by atomic mass is 9.85. The van der Waals surface area contributed by atoms with E-state index in [1.165, 1.54) is 56.2 Å². The summed E-state index contributed by atoms with van der Waals surface area (Å²) in [6.45, 7) is 7.15. The minimum absolute atomic E-state index is 0.210. The van der Waals surface area contributed by atoms with Gasteiger partial charge in [-0.05, 0) is 57.7 Å². The molecule has 0 aromatic heterocycles. The lowest BCUT2D eigenvalue weighted by Gasteiger charge is -2.36. The van der Waals surface area contributed by atoms with Crippen molar-refractivity contribution in [2.45, 2.75) is 96.2 Å². The summed E-state index contributed by atoms with van der Waals surface area (Å²) in [5.74, 6) is 0.328. The van der Waals surface area contributed by atoms with Gasteiger partial charge in [0.05, 0.1) is 6.04 Å². The number of hydrogen-bond acceptors (Lipinski definition) is 4. The van der Waals surface area contributed by atoms with E-state index in [-0.39, 0.29) is 12.1 Å². The molecule has 0 radical (unpaired) electrons. The molecule has 3 aliphatic rings. The van der Waals surface area contributed by atoms with Crippen LogP contribution in [-0.2, 0) is 4.74 Å². The monoisotopic (exact) mass is 459 g/mol. The molecule has 2 fully saturated rings. The van der Waals surface area contributed by atoms with Gasteiger partial charge in [0.1, 0.15) is 5.60 Å². The van der Waals surface area contributed by atoms with Crippen LogP contribution in [0.4, 0.5) is 4.79 Å². The molecule has 1 saturated carbocycles. The molecule has 1 aromatic rings. The van der Waals surface area contributed by atoms with Crippen LogP contribution in [0.2, 0.25) is 5.02 Å². The van der Waals surface area contributed by atoms with Crippen LogP contribution in [-0.4, -0.2) is 46.4 Å². The summed E-state index contributed by atoms with van der Waals surface area (Å²) in [6, 6.07) is 9.04. The number of rotatable bonds is 2. The van der Waals surface area contributed by atoms with Crippen molar-refractivity contribution >= 4 is 23.4 Å². The van der Waals surface area contributed by atoms with Gasteiger partial charge in [-0.2, -0.15) is 5.10 Å². The highest BCUT2D eigenvalue weighted by atomic mass is 35.5. The molecule has 6 heteroatoms. The van der Waals surface area contributed by atoms with Crippen molar-refractivity contribution in [2.75, 3.05) is 13.1 Å². The first-order valence-electron chi connectivity index (χ1n) is 12.4. The van der Waals surface area contributed by atoms with Crippen LogP contribution in [0.15, 0.2) is 29.4 Å². The van der Waals surface area contributed by atoms with E-state index in [9.17, 15) is 4.79 Å². The standard InChI is InChI=1S/C26H38ClN3O2/c1-26(2,3)32-25(31)29-17-15-22-23(16-18-29)28-30(21-9-7-5-4-6-8-10-21)24(22)19-11-13-20(27)14-12-19/h11-14,21-22,24H,4-10,15-18H2,1-3H3. The van der Waals surface area contributed by atoms with Gasteiger partial charge in [-0.3, -0.25) is 5.01 Å². The quantitative estimate of drug-likeness (QED) is 0.487. The van der Waals surface area contributed by atoms with Crippen molar-refractivity contribution in [1.82, 2.24) is 9.91 Å². The smallest absolute Gasteiger partial charge is 0.410 e. The number of nitrogens with zero attached hydrogens (tertiary/aromatic N) is 3. The Morgan fingerprint density at radius 1 is 1.00 bits per heavy atom. The number of amides is 1. The molecule has 1 saturated heterocycles. The Morgan fingerprint density at radius 3 is 2.31 bits per heavy atom. The molecule has 32 heavy (non-hydrogen) atoms. The number of halogens is 1. The van der Waals surface area contributed by atoms with Gasteiger partial charge in [0.25, 0.3) is 0 Å². The third kappa shape index (κ3) is 5.59. The Hall–Kier alpha value is -1.75. The normalized spacial score (nSPS) is 25.4. The van der Waals surface area contributed by atoms with Crippen LogP contribution in [0.25, 0.3) is 0 Å². The van der Waals surface area contributed by atoms with Crippen molar-refractivity contribution < 1.29 is 9.53 Å². The number of ether oxygens (including phenoxy) is 1. The molecule has 2 aliphatic heterocycles. The molecule has 4 rings (SSSR count). The Kier molecular flexibility index (Phi) is 7.34. The molecule has 2 atom stereocenters. The first-order valence-corrected chi connectivity index (χ1v) is 12.8. The summed E-state index contributed by atoms with van der Waals surface area (Å²) in [4.78, 5) is 14.6. The van der Waals surface area contributed by atoms with Gasteiger partial charge in [-0.1, -0.05) is 55.8 Å². The molecule has 5 nitrogen and oxygen atoms in total. The van der Waals surface area contributed by atoms with Crippen LogP contribution in [0.5, 0.6) is 0 Å². The van der Waals surface area contributed by atoms with Crippen molar-refractivity contribution in [3.05, 3.63) is 34.9 Å². The maximum Gasteiger partial charge on any atom is 0.410 e. The molecule has 0 bridgehead atoms. The maximum atomic E-state index is 12.7. The molecule has 2 heterocycles. The summed E-state index contributed by atoms with van der Waals surface area (Å²) in [6.07, 6.45) is 10.6. The summed E-state index contributed by atoms with van der Waals surface area (Å²) >= 11 is 6.21. The predicted octanol–water partition coefficient (Wildman–Crippen LogP) is 6.81. The second-order valence-electron chi connectivity index (χ2n) is 10.6. The second kappa shape index (κ2) is 10.0. The van der Waals surface area contributed by atoms with Crippen LogP contribution in [0.3, 0.4) is 0 Å². The minimum atomic E-state index is -0.475. The highest BCUT2D eigenvalue weighted by Gasteiger charge is 2.42. The molecule has 0 N–H and O–H groups in total. The van der Waals surface area contributed by atoms with Gasteiger partial charge in [0.15, 0.2) is 0 Å². The van der Waals surface area contributed by atoms with E-state index < -0.39 is 5.60 Å². The van der Waals surface area contributed by atoms with Gasteiger partial charge in [-0.25, -0.2) is 4.79 Å². The lowest BCUT2D eigenvalue weighted by molar-refractivity contribution is 0.0248. The lowest BCUT2D eigenvalue weighted by Crippen LogP contribution is -2.38. The van der Waals surface area contributed by atoms with E-state index in [0.717, 1.165) is 17.9 Å². The fourth-order valence-electron chi connectivity index (χ4n) is 5.43. The fourth-order valence-corrected chi connectivity index (χ4v) is 5.56. The second-order valence-corrected chi connectivity index (χ2v) is 11.0. The molecule has 1 amide bonds. The number of benzene rings is 1. The topological polar surface area (TPSA) is 45.1 Å². The first-order chi connectivity index (χ1) is 15.3. The van der Waals surface area contributed by atoms with E-state index >= 15 is 0 Å². The molecule has 176 valence electrons. The molecular weight excluding hydrogens is 422 g/mol. The zero-order chi connectivity index (χ0) is 22.7. The van der Waals surface area contributed by atoms with Crippen LogP contribution in [0.1, 0.15) is 90.2 Å². The SMILES string of the molecule is CC(C)(C)OC(=O)N1CCC2=NN(C3CCCCCCC3)C(c3ccc(Cl)cc3)C2CC1. The van der Waals surface area contributed by atoms with Crippen molar-refractivity contribution in [2.24, 2.45) is 11.0 Å². The Labute approximate surface area is 198 Å².